The van der Waals surface area contributed by atoms with Crippen molar-refractivity contribution in [1.82, 2.24) is 0 Å². The quantitative estimate of drug-likeness (QED) is 0.155. The van der Waals surface area contributed by atoms with E-state index in [9.17, 15) is 0 Å². The first-order valence-electron chi connectivity index (χ1n) is 14.4. The zero-order valence-corrected chi connectivity index (χ0v) is 23.9. The maximum atomic E-state index is 8.74. The van der Waals surface area contributed by atoms with Crippen molar-refractivity contribution in [3.63, 3.8) is 0 Å². The van der Waals surface area contributed by atoms with Crippen molar-refractivity contribution in [3.8, 4) is 5.75 Å². The van der Waals surface area contributed by atoms with E-state index in [1.165, 1.54) is 10.8 Å². The predicted octanol–water partition coefficient (Wildman–Crippen LogP) is 9.29. The fraction of sp³-hybridized carbons (Fsp3) is 0.0263. The summed E-state index contributed by atoms with van der Waals surface area (Å²) in [7, 11) is 0. The molecule has 1 atom stereocenters. The maximum absolute atomic E-state index is 8.74. The molecule has 2 N–H and O–H groups in total. The number of rotatable bonds is 6. The largest absolute Gasteiger partial charge is 0.464 e. The van der Waals surface area contributed by atoms with Gasteiger partial charge in [0.1, 0.15) is 5.75 Å². The van der Waals surface area contributed by atoms with Crippen molar-refractivity contribution >= 4 is 51.9 Å². The molecule has 1 heterocycles. The number of aliphatic imine (C=N–C) groups is 2. The van der Waals surface area contributed by atoms with Crippen LogP contribution in [0.1, 0.15) is 22.9 Å². The summed E-state index contributed by atoms with van der Waals surface area (Å²) >= 11 is 0. The Morgan fingerprint density at radius 1 is 0.659 bits per heavy atom. The van der Waals surface area contributed by atoms with Gasteiger partial charge >= 0.3 is 0 Å². The van der Waals surface area contributed by atoms with E-state index in [1.54, 1.807) is 0 Å². The first-order chi connectivity index (χ1) is 21.7. The second-order valence-electron chi connectivity index (χ2n) is 10.5. The first kappa shape index (κ1) is 26.9. The second-order valence-corrected chi connectivity index (χ2v) is 10.5. The number of ether oxygens (including phenoxy) is 1. The van der Waals surface area contributed by atoms with Crippen LogP contribution in [0.15, 0.2) is 156 Å². The number of fused-ring (bicyclic) bond motifs is 2. The van der Waals surface area contributed by atoms with Crippen LogP contribution in [0.5, 0.6) is 5.75 Å². The van der Waals surface area contributed by atoms with Crippen molar-refractivity contribution in [2.45, 2.75) is 6.23 Å². The van der Waals surface area contributed by atoms with E-state index in [4.69, 9.17) is 10.1 Å². The molecule has 6 aromatic carbocycles. The molecular formula is C38H29N5O. The molecule has 1 aliphatic rings. The Bertz CT molecular complexity index is 1980. The van der Waals surface area contributed by atoms with E-state index in [-0.39, 0.29) is 12.1 Å². The molecule has 7 rings (SSSR count). The summed E-state index contributed by atoms with van der Waals surface area (Å²) in [5.41, 5.74) is 6.49. The van der Waals surface area contributed by atoms with Gasteiger partial charge in [-0.15, -0.1) is 0 Å². The number of amidine groups is 2. The highest BCUT2D eigenvalue weighted by atomic mass is 16.5. The third-order valence-corrected chi connectivity index (χ3v) is 7.66. The van der Waals surface area contributed by atoms with Crippen LogP contribution in [0, 0.1) is 5.41 Å². The molecule has 44 heavy (non-hydrogen) atoms. The zero-order valence-electron chi connectivity index (χ0n) is 23.9. The summed E-state index contributed by atoms with van der Waals surface area (Å²) in [4.78, 5) is 10.9. The van der Waals surface area contributed by atoms with Gasteiger partial charge in [-0.25, -0.2) is 9.98 Å². The Morgan fingerprint density at radius 3 is 2.05 bits per heavy atom. The zero-order chi connectivity index (χ0) is 29.9. The van der Waals surface area contributed by atoms with Crippen LogP contribution in [0.4, 0.5) is 22.7 Å². The second kappa shape index (κ2) is 11.7. The molecule has 6 heteroatoms. The average Bonchev–Trinajstić information content (AvgIpc) is 3.53. The van der Waals surface area contributed by atoms with Crippen molar-refractivity contribution < 1.29 is 4.74 Å². The lowest BCUT2D eigenvalue weighted by Gasteiger charge is -2.26. The number of nitrogens with zero attached hydrogens (tertiary/aromatic N) is 3. The van der Waals surface area contributed by atoms with Crippen LogP contribution < -0.4 is 15.0 Å². The SMILES string of the molecule is C=NC(=NC(=N)c1ccc(N(c2ccccc2)c2ccc3ccccc3c2)cc1)c1ccc(C2Nc3ccccc3O2)cc1. The minimum absolute atomic E-state index is 0.108. The fourth-order valence-electron chi connectivity index (χ4n) is 5.41. The van der Waals surface area contributed by atoms with Gasteiger partial charge in [-0.3, -0.25) is 5.41 Å². The van der Waals surface area contributed by atoms with Gasteiger partial charge in [-0.05, 0) is 78.2 Å². The molecular weight excluding hydrogens is 542 g/mol. The van der Waals surface area contributed by atoms with E-state index in [0.29, 0.717) is 11.4 Å². The Balaban J connectivity index is 1.12. The fourth-order valence-corrected chi connectivity index (χ4v) is 5.41. The molecule has 6 nitrogen and oxygen atoms in total. The summed E-state index contributed by atoms with van der Waals surface area (Å²) in [6.45, 7) is 3.72. The van der Waals surface area contributed by atoms with Gasteiger partial charge in [0.15, 0.2) is 17.9 Å². The summed E-state index contributed by atoms with van der Waals surface area (Å²) in [5, 5.41) is 14.5. The molecule has 0 aliphatic carbocycles. The molecule has 6 aromatic rings. The monoisotopic (exact) mass is 571 g/mol. The molecule has 0 aromatic heterocycles. The topological polar surface area (TPSA) is 73.1 Å². The number of hydrogen-bond acceptors (Lipinski definition) is 4. The molecule has 0 radical (unpaired) electrons. The summed E-state index contributed by atoms with van der Waals surface area (Å²) < 4.78 is 6.03. The number of para-hydroxylation sites is 3. The Labute approximate surface area is 256 Å². The van der Waals surface area contributed by atoms with Crippen molar-refractivity contribution in [1.29, 1.82) is 5.41 Å². The molecule has 0 amide bonds. The van der Waals surface area contributed by atoms with Gasteiger partial charge in [-0.2, -0.15) is 0 Å². The lowest BCUT2D eigenvalue weighted by atomic mass is 10.1. The number of nitrogens with one attached hydrogen (secondary N) is 2. The van der Waals surface area contributed by atoms with Crippen LogP contribution in [0.25, 0.3) is 10.8 Å². The highest BCUT2D eigenvalue weighted by Gasteiger charge is 2.23. The van der Waals surface area contributed by atoms with E-state index in [0.717, 1.165) is 39.6 Å². The molecule has 0 saturated carbocycles. The van der Waals surface area contributed by atoms with Gasteiger partial charge in [0.2, 0.25) is 0 Å². The minimum Gasteiger partial charge on any atom is -0.464 e. The highest BCUT2D eigenvalue weighted by molar-refractivity contribution is 6.11. The Kier molecular flexibility index (Phi) is 7.14. The molecule has 0 spiro atoms. The number of benzene rings is 6. The van der Waals surface area contributed by atoms with E-state index < -0.39 is 0 Å². The van der Waals surface area contributed by atoms with E-state index in [1.807, 2.05) is 91.0 Å². The summed E-state index contributed by atoms with van der Waals surface area (Å²) in [5.74, 6) is 1.33. The molecule has 1 aliphatic heterocycles. The van der Waals surface area contributed by atoms with Gasteiger partial charge in [-0.1, -0.05) is 84.9 Å². The van der Waals surface area contributed by atoms with Crippen LogP contribution in [0.3, 0.4) is 0 Å². The molecule has 0 bridgehead atoms. The molecule has 212 valence electrons. The van der Waals surface area contributed by atoms with Crippen LogP contribution in [-0.2, 0) is 0 Å². The van der Waals surface area contributed by atoms with Crippen molar-refractivity contribution in [2.75, 3.05) is 10.2 Å². The Hall–Kier alpha value is -6.01. The molecule has 0 saturated heterocycles. The van der Waals surface area contributed by atoms with Gasteiger partial charge in [0.05, 0.1) is 5.69 Å². The number of hydrogen-bond donors (Lipinski definition) is 2. The van der Waals surface area contributed by atoms with E-state index >= 15 is 0 Å². The lowest BCUT2D eigenvalue weighted by Crippen LogP contribution is -2.11. The first-order valence-corrected chi connectivity index (χ1v) is 14.4. The Morgan fingerprint density at radius 2 is 1.30 bits per heavy atom. The minimum atomic E-state index is -0.264. The van der Waals surface area contributed by atoms with Crippen LogP contribution in [-0.4, -0.2) is 18.4 Å². The third kappa shape index (κ3) is 5.32. The van der Waals surface area contributed by atoms with Gasteiger partial charge in [0, 0.05) is 33.8 Å². The normalized spacial score (nSPS) is 13.9. The molecule has 1 unspecified atom stereocenters. The highest BCUT2D eigenvalue weighted by Crippen LogP contribution is 2.38. The standard InChI is InChI=1S/C38H29N5O/c1-40-37(28-15-17-29(18-16-28)38-41-34-13-7-8-14-35(34)44-38)42-36(39)27-20-22-32(23-21-27)43(31-11-3-2-4-12-31)33-24-19-26-9-5-6-10-30(26)25-33/h2-25,38-39,41H,1H2. The van der Waals surface area contributed by atoms with Gasteiger partial charge in [0.25, 0.3) is 0 Å². The van der Waals surface area contributed by atoms with Crippen LogP contribution in [0.2, 0.25) is 0 Å². The average molecular weight is 572 g/mol. The maximum Gasteiger partial charge on any atom is 0.196 e. The summed E-state index contributed by atoms with van der Waals surface area (Å²) in [6.07, 6.45) is -0.264. The lowest BCUT2D eigenvalue weighted by molar-refractivity contribution is 0.260. The predicted molar refractivity (Wildman–Crippen MR) is 181 cm³/mol. The van der Waals surface area contributed by atoms with E-state index in [2.05, 4.69) is 81.5 Å². The third-order valence-electron chi connectivity index (χ3n) is 7.66. The van der Waals surface area contributed by atoms with Crippen molar-refractivity contribution in [2.24, 2.45) is 9.98 Å². The van der Waals surface area contributed by atoms with Crippen molar-refractivity contribution in [3.05, 3.63) is 162 Å². The van der Waals surface area contributed by atoms with Crippen LogP contribution >= 0.6 is 0 Å². The smallest absolute Gasteiger partial charge is 0.196 e. The number of anilines is 4. The van der Waals surface area contributed by atoms with Gasteiger partial charge < -0.3 is 15.0 Å². The molecule has 0 fully saturated rings. The summed E-state index contributed by atoms with van der Waals surface area (Å²) in [6, 6.07) is 48.7.